The molecule has 1 saturated heterocycles. The number of esters is 1. The van der Waals surface area contributed by atoms with E-state index >= 15 is 0 Å². The van der Waals surface area contributed by atoms with Gasteiger partial charge in [0.1, 0.15) is 5.75 Å². The Morgan fingerprint density at radius 3 is 2.61 bits per heavy atom. The molecular formula is C25H32N2O6. The van der Waals surface area contributed by atoms with E-state index in [-0.39, 0.29) is 36.0 Å². The van der Waals surface area contributed by atoms with Crippen LogP contribution in [-0.2, 0) is 23.9 Å². The quantitative estimate of drug-likeness (QED) is 0.454. The molecule has 2 amide bonds. The van der Waals surface area contributed by atoms with Gasteiger partial charge in [-0.2, -0.15) is 0 Å². The maximum absolute atomic E-state index is 13.0. The lowest BCUT2D eigenvalue weighted by atomic mass is 10.0. The van der Waals surface area contributed by atoms with Crippen molar-refractivity contribution in [1.29, 1.82) is 0 Å². The van der Waals surface area contributed by atoms with Crippen LogP contribution in [0.1, 0.15) is 39.2 Å². The summed E-state index contributed by atoms with van der Waals surface area (Å²) in [4.78, 5) is 39.0. The average molecular weight is 457 g/mol. The predicted molar refractivity (Wildman–Crippen MR) is 123 cm³/mol. The highest BCUT2D eigenvalue weighted by Gasteiger charge is 2.37. The fourth-order valence-electron chi connectivity index (χ4n) is 3.87. The molecule has 2 aliphatic heterocycles. The number of nitrogens with zero attached hydrogens (tertiary/aromatic N) is 1. The molecule has 1 N–H and O–H groups in total. The van der Waals surface area contributed by atoms with Crippen molar-refractivity contribution in [3.05, 3.63) is 46.7 Å². The van der Waals surface area contributed by atoms with Crippen molar-refractivity contribution in [2.75, 3.05) is 33.4 Å². The lowest BCUT2D eigenvalue weighted by Gasteiger charge is -2.19. The van der Waals surface area contributed by atoms with Gasteiger partial charge < -0.3 is 24.4 Å². The molecule has 1 atom stereocenters. The molecule has 2 heterocycles. The van der Waals surface area contributed by atoms with E-state index in [1.165, 1.54) is 7.11 Å². The van der Waals surface area contributed by atoms with Gasteiger partial charge in [-0.3, -0.25) is 9.59 Å². The van der Waals surface area contributed by atoms with E-state index in [2.05, 4.69) is 5.32 Å². The standard InChI is InChI=1S/C25H32N2O6/c1-16(2)14-27-17(3)23(25(30)31-4)21(24(27)29)12-18-7-9-19(10-8-18)33-15-22(28)26-13-20-6-5-11-32-20/h7-10,12,16,20H,5-6,11,13-15H2,1-4H3,(H,26,28)/b21-12-/t20-/m1/s1. The molecule has 8 heteroatoms. The minimum atomic E-state index is -0.535. The third-order valence-electron chi connectivity index (χ3n) is 5.56. The van der Waals surface area contributed by atoms with Gasteiger partial charge in [-0.25, -0.2) is 4.79 Å². The fraction of sp³-hybridized carbons (Fsp3) is 0.480. The monoisotopic (exact) mass is 456 g/mol. The van der Waals surface area contributed by atoms with Crippen LogP contribution in [0.5, 0.6) is 5.75 Å². The summed E-state index contributed by atoms with van der Waals surface area (Å²) in [5.41, 5.74) is 1.92. The van der Waals surface area contributed by atoms with Crippen LogP contribution in [0, 0.1) is 5.92 Å². The Kier molecular flexibility index (Phi) is 8.27. The first-order valence-electron chi connectivity index (χ1n) is 11.2. The van der Waals surface area contributed by atoms with Crippen LogP contribution in [0.3, 0.4) is 0 Å². The first-order valence-corrected chi connectivity index (χ1v) is 11.2. The first-order chi connectivity index (χ1) is 15.8. The van der Waals surface area contributed by atoms with Gasteiger partial charge in [0, 0.05) is 25.4 Å². The Balaban J connectivity index is 1.65. The number of benzene rings is 1. The lowest BCUT2D eigenvalue weighted by molar-refractivity contribution is -0.136. The first kappa shape index (κ1) is 24.5. The summed E-state index contributed by atoms with van der Waals surface area (Å²) in [6, 6.07) is 6.99. The minimum Gasteiger partial charge on any atom is -0.484 e. The zero-order chi connectivity index (χ0) is 24.0. The van der Waals surface area contributed by atoms with Gasteiger partial charge >= 0.3 is 5.97 Å². The van der Waals surface area contributed by atoms with Crippen LogP contribution in [-0.4, -0.2) is 62.2 Å². The van der Waals surface area contributed by atoms with Crippen LogP contribution in [0.25, 0.3) is 6.08 Å². The molecule has 0 aromatic heterocycles. The number of ether oxygens (including phenoxy) is 3. The Bertz CT molecular complexity index is 942. The number of hydrogen-bond acceptors (Lipinski definition) is 6. The van der Waals surface area contributed by atoms with Crippen molar-refractivity contribution in [3.63, 3.8) is 0 Å². The van der Waals surface area contributed by atoms with E-state index in [0.717, 1.165) is 25.0 Å². The number of carbonyl (C=O) groups is 3. The number of nitrogens with one attached hydrogen (secondary N) is 1. The summed E-state index contributed by atoms with van der Waals surface area (Å²) < 4.78 is 16.0. The zero-order valence-corrected chi connectivity index (χ0v) is 19.7. The molecule has 178 valence electrons. The van der Waals surface area contributed by atoms with E-state index in [0.29, 0.717) is 30.1 Å². The van der Waals surface area contributed by atoms with E-state index < -0.39 is 5.97 Å². The number of methoxy groups -OCH3 is 1. The second-order valence-electron chi connectivity index (χ2n) is 8.62. The Labute approximate surface area is 194 Å². The van der Waals surface area contributed by atoms with Crippen LogP contribution in [0.4, 0.5) is 0 Å². The molecule has 0 unspecified atom stereocenters. The Morgan fingerprint density at radius 2 is 2.00 bits per heavy atom. The zero-order valence-electron chi connectivity index (χ0n) is 19.7. The maximum atomic E-state index is 13.0. The molecule has 0 aliphatic carbocycles. The van der Waals surface area contributed by atoms with Crippen LogP contribution < -0.4 is 10.1 Å². The molecule has 3 rings (SSSR count). The van der Waals surface area contributed by atoms with Crippen molar-refractivity contribution in [3.8, 4) is 5.75 Å². The van der Waals surface area contributed by atoms with Crippen molar-refractivity contribution in [2.24, 2.45) is 5.92 Å². The molecule has 0 spiro atoms. The van der Waals surface area contributed by atoms with Gasteiger partial charge in [0.15, 0.2) is 6.61 Å². The summed E-state index contributed by atoms with van der Waals surface area (Å²) >= 11 is 0. The molecular weight excluding hydrogens is 424 g/mol. The molecule has 1 aromatic carbocycles. The third kappa shape index (κ3) is 6.22. The van der Waals surface area contributed by atoms with Crippen LogP contribution >= 0.6 is 0 Å². The fourth-order valence-corrected chi connectivity index (χ4v) is 3.87. The van der Waals surface area contributed by atoms with Crippen molar-refractivity contribution < 1.29 is 28.6 Å². The van der Waals surface area contributed by atoms with Gasteiger partial charge in [-0.05, 0) is 49.5 Å². The smallest absolute Gasteiger partial charge is 0.340 e. The van der Waals surface area contributed by atoms with Crippen molar-refractivity contribution in [1.82, 2.24) is 10.2 Å². The predicted octanol–water partition coefficient (Wildman–Crippen LogP) is 2.69. The average Bonchev–Trinajstić information content (AvgIpc) is 3.39. The highest BCUT2D eigenvalue weighted by molar-refractivity contribution is 6.16. The molecule has 0 radical (unpaired) electrons. The summed E-state index contributed by atoms with van der Waals surface area (Å²) in [5, 5.41) is 2.81. The van der Waals surface area contributed by atoms with Gasteiger partial charge in [-0.1, -0.05) is 26.0 Å². The molecule has 0 saturated carbocycles. The minimum absolute atomic E-state index is 0.0867. The van der Waals surface area contributed by atoms with Gasteiger partial charge in [-0.15, -0.1) is 0 Å². The van der Waals surface area contributed by atoms with Gasteiger partial charge in [0.2, 0.25) is 0 Å². The number of rotatable bonds is 9. The van der Waals surface area contributed by atoms with E-state index in [1.807, 2.05) is 13.8 Å². The molecule has 0 bridgehead atoms. The molecule has 1 fully saturated rings. The number of allylic oxidation sites excluding steroid dienone is 1. The van der Waals surface area contributed by atoms with E-state index in [9.17, 15) is 14.4 Å². The highest BCUT2D eigenvalue weighted by Crippen LogP contribution is 2.32. The largest absolute Gasteiger partial charge is 0.484 e. The van der Waals surface area contributed by atoms with Crippen LogP contribution in [0.2, 0.25) is 0 Å². The maximum Gasteiger partial charge on any atom is 0.340 e. The lowest BCUT2D eigenvalue weighted by Crippen LogP contribution is -2.35. The van der Waals surface area contributed by atoms with Crippen LogP contribution in [0.15, 0.2) is 41.1 Å². The van der Waals surface area contributed by atoms with Gasteiger partial charge in [0.05, 0.1) is 24.4 Å². The molecule has 2 aliphatic rings. The highest BCUT2D eigenvalue weighted by atomic mass is 16.5. The number of amides is 2. The Hall–Kier alpha value is -3.13. The SMILES string of the molecule is COC(=O)C1=C(C)N(CC(C)C)C(=O)/C1=C\c1ccc(OCC(=O)NC[C@H]2CCCO2)cc1. The number of hydrogen-bond donors (Lipinski definition) is 1. The number of carbonyl (C=O) groups excluding carboxylic acids is 3. The summed E-state index contributed by atoms with van der Waals surface area (Å²) in [5.74, 6) is -0.177. The molecule has 33 heavy (non-hydrogen) atoms. The Morgan fingerprint density at radius 1 is 1.27 bits per heavy atom. The second kappa shape index (κ2) is 11.1. The van der Waals surface area contributed by atoms with Crippen molar-refractivity contribution >= 4 is 23.9 Å². The normalized spacial score (nSPS) is 19.5. The topological polar surface area (TPSA) is 94.2 Å². The van der Waals surface area contributed by atoms with Gasteiger partial charge in [0.25, 0.3) is 11.8 Å². The second-order valence-corrected chi connectivity index (χ2v) is 8.62. The van der Waals surface area contributed by atoms with Crippen molar-refractivity contribution in [2.45, 2.75) is 39.7 Å². The summed E-state index contributed by atoms with van der Waals surface area (Å²) in [6.45, 7) is 7.45. The molecule has 1 aromatic rings. The van der Waals surface area contributed by atoms with E-state index in [1.54, 1.807) is 42.2 Å². The third-order valence-corrected chi connectivity index (χ3v) is 5.56. The summed E-state index contributed by atoms with van der Waals surface area (Å²) in [7, 11) is 1.30. The van der Waals surface area contributed by atoms with E-state index in [4.69, 9.17) is 14.2 Å². The summed E-state index contributed by atoms with van der Waals surface area (Å²) in [6.07, 6.45) is 3.75. The molecule has 8 nitrogen and oxygen atoms in total.